The Morgan fingerprint density at radius 3 is 2.42 bits per heavy atom. The van der Waals surface area contributed by atoms with Gasteiger partial charge < -0.3 is 14.6 Å². The van der Waals surface area contributed by atoms with E-state index in [9.17, 15) is 9.90 Å². The fourth-order valence-electron chi connectivity index (χ4n) is 1.60. The van der Waals surface area contributed by atoms with Crippen molar-refractivity contribution in [1.82, 2.24) is 5.43 Å². The Labute approximate surface area is 111 Å². The number of benzene rings is 1. The number of methoxy groups -OCH3 is 2. The number of hydrogen-bond acceptors (Lipinski definition) is 5. The molecular formula is C13H16N2O4. The van der Waals surface area contributed by atoms with Gasteiger partial charge in [-0.2, -0.15) is 5.10 Å². The fourth-order valence-corrected chi connectivity index (χ4v) is 1.60. The molecule has 19 heavy (non-hydrogen) atoms. The topological polar surface area (TPSA) is 80.2 Å². The van der Waals surface area contributed by atoms with E-state index in [-0.39, 0.29) is 29.1 Å². The van der Waals surface area contributed by atoms with Crippen molar-refractivity contribution in [3.05, 3.63) is 17.7 Å². The zero-order chi connectivity index (χ0) is 13.8. The lowest BCUT2D eigenvalue weighted by Crippen LogP contribution is -2.18. The highest BCUT2D eigenvalue weighted by Gasteiger charge is 2.29. The fraction of sp³-hybridized carbons (Fsp3) is 0.385. The number of amides is 1. The number of carbonyl (C=O) groups is 1. The summed E-state index contributed by atoms with van der Waals surface area (Å²) >= 11 is 0. The lowest BCUT2D eigenvalue weighted by Gasteiger charge is -2.09. The van der Waals surface area contributed by atoms with Crippen LogP contribution in [0.5, 0.6) is 17.2 Å². The van der Waals surface area contributed by atoms with Crippen molar-refractivity contribution < 1.29 is 19.4 Å². The van der Waals surface area contributed by atoms with Gasteiger partial charge >= 0.3 is 0 Å². The van der Waals surface area contributed by atoms with Crippen LogP contribution in [0.25, 0.3) is 0 Å². The van der Waals surface area contributed by atoms with E-state index in [1.165, 1.54) is 20.4 Å². The van der Waals surface area contributed by atoms with Gasteiger partial charge in [-0.1, -0.05) is 0 Å². The van der Waals surface area contributed by atoms with Crippen LogP contribution >= 0.6 is 0 Å². The quantitative estimate of drug-likeness (QED) is 0.620. The molecule has 6 heteroatoms. The third-order valence-electron chi connectivity index (χ3n) is 2.84. The molecule has 1 aliphatic rings. The standard InChI is InChI=1S/C13H16N2O4/c1-18-10-5-8(6-11(19-2)12(10)16)7-14-15-13(17)9-3-4-9/h5-7,9,16H,3-4H2,1-2H3,(H,15,17)/b14-7+. The van der Waals surface area contributed by atoms with Crippen LogP contribution in [0.2, 0.25) is 0 Å². The maximum absolute atomic E-state index is 11.4. The number of phenolic OH excluding ortho intramolecular Hbond substituents is 1. The maximum atomic E-state index is 11.4. The molecule has 0 atom stereocenters. The summed E-state index contributed by atoms with van der Waals surface area (Å²) in [6.45, 7) is 0. The van der Waals surface area contributed by atoms with Crippen molar-refractivity contribution in [1.29, 1.82) is 0 Å². The number of nitrogens with one attached hydrogen (secondary N) is 1. The van der Waals surface area contributed by atoms with Crippen LogP contribution in [0.1, 0.15) is 18.4 Å². The number of rotatable bonds is 5. The molecular weight excluding hydrogens is 248 g/mol. The number of nitrogens with zero attached hydrogens (tertiary/aromatic N) is 1. The van der Waals surface area contributed by atoms with Crippen molar-refractivity contribution in [2.24, 2.45) is 11.0 Å². The molecule has 0 radical (unpaired) electrons. The van der Waals surface area contributed by atoms with Crippen LogP contribution in [0.15, 0.2) is 17.2 Å². The van der Waals surface area contributed by atoms with E-state index in [2.05, 4.69) is 10.5 Å². The number of ether oxygens (including phenoxy) is 2. The highest BCUT2D eigenvalue weighted by molar-refractivity contribution is 5.85. The van der Waals surface area contributed by atoms with Crippen LogP contribution in [0, 0.1) is 5.92 Å². The summed E-state index contributed by atoms with van der Waals surface area (Å²) in [7, 11) is 2.90. The summed E-state index contributed by atoms with van der Waals surface area (Å²) in [6.07, 6.45) is 3.34. The number of hydrazone groups is 1. The molecule has 0 spiro atoms. The summed E-state index contributed by atoms with van der Waals surface area (Å²) in [5, 5.41) is 13.6. The lowest BCUT2D eigenvalue weighted by atomic mass is 10.2. The van der Waals surface area contributed by atoms with Crippen molar-refractivity contribution in [2.75, 3.05) is 14.2 Å². The third kappa shape index (κ3) is 3.15. The van der Waals surface area contributed by atoms with E-state index < -0.39 is 0 Å². The van der Waals surface area contributed by atoms with Gasteiger partial charge in [0.25, 0.3) is 0 Å². The molecule has 1 amide bonds. The molecule has 102 valence electrons. The Balaban J connectivity index is 2.10. The summed E-state index contributed by atoms with van der Waals surface area (Å²) in [4.78, 5) is 11.4. The highest BCUT2D eigenvalue weighted by Crippen LogP contribution is 2.36. The Hall–Kier alpha value is -2.24. The minimum absolute atomic E-state index is 0.0611. The van der Waals surface area contributed by atoms with Gasteiger partial charge in [0, 0.05) is 11.5 Å². The molecule has 1 saturated carbocycles. The molecule has 1 aliphatic carbocycles. The van der Waals surface area contributed by atoms with Gasteiger partial charge in [-0.05, 0) is 25.0 Å². The first-order valence-electron chi connectivity index (χ1n) is 5.93. The Morgan fingerprint density at radius 2 is 1.95 bits per heavy atom. The second-order valence-electron chi connectivity index (χ2n) is 4.28. The monoisotopic (exact) mass is 264 g/mol. The van der Waals surface area contributed by atoms with Gasteiger partial charge in [0.2, 0.25) is 11.7 Å². The summed E-state index contributed by atoms with van der Waals surface area (Å²) < 4.78 is 10.0. The van der Waals surface area contributed by atoms with Gasteiger partial charge in [0.15, 0.2) is 11.5 Å². The molecule has 0 aliphatic heterocycles. The van der Waals surface area contributed by atoms with Crippen LogP contribution in [-0.2, 0) is 4.79 Å². The molecule has 2 N–H and O–H groups in total. The lowest BCUT2D eigenvalue weighted by molar-refractivity contribution is -0.122. The van der Waals surface area contributed by atoms with Crippen molar-refractivity contribution >= 4 is 12.1 Å². The largest absolute Gasteiger partial charge is 0.502 e. The van der Waals surface area contributed by atoms with E-state index in [0.29, 0.717) is 5.56 Å². The van der Waals surface area contributed by atoms with Crippen LogP contribution in [-0.4, -0.2) is 31.4 Å². The van der Waals surface area contributed by atoms with Crippen LogP contribution in [0.3, 0.4) is 0 Å². The smallest absolute Gasteiger partial charge is 0.243 e. The molecule has 0 aromatic heterocycles. The SMILES string of the molecule is COc1cc(/C=N/NC(=O)C2CC2)cc(OC)c1O. The highest BCUT2D eigenvalue weighted by atomic mass is 16.5. The Kier molecular flexibility index (Phi) is 3.89. The minimum atomic E-state index is -0.0656. The Bertz CT molecular complexity index is 484. The summed E-state index contributed by atoms with van der Waals surface area (Å²) in [5.74, 6) is 0.558. The minimum Gasteiger partial charge on any atom is -0.502 e. The van der Waals surface area contributed by atoms with Gasteiger partial charge in [-0.25, -0.2) is 5.43 Å². The Morgan fingerprint density at radius 1 is 1.37 bits per heavy atom. The van der Waals surface area contributed by atoms with E-state index in [1.54, 1.807) is 12.1 Å². The second-order valence-corrected chi connectivity index (χ2v) is 4.28. The first-order valence-corrected chi connectivity index (χ1v) is 5.93. The van der Waals surface area contributed by atoms with Gasteiger partial charge in [0.1, 0.15) is 0 Å². The molecule has 1 fully saturated rings. The normalized spacial score (nSPS) is 14.4. The van der Waals surface area contributed by atoms with Gasteiger partial charge in [-0.3, -0.25) is 4.79 Å². The maximum Gasteiger partial charge on any atom is 0.243 e. The third-order valence-corrected chi connectivity index (χ3v) is 2.84. The number of aromatic hydroxyl groups is 1. The molecule has 0 unspecified atom stereocenters. The number of phenols is 1. The summed E-state index contributed by atoms with van der Waals surface area (Å²) in [5.41, 5.74) is 3.12. The number of carbonyl (C=O) groups excluding carboxylic acids is 1. The molecule has 0 bridgehead atoms. The van der Waals surface area contributed by atoms with Crippen molar-refractivity contribution in [3.8, 4) is 17.2 Å². The predicted octanol–water partition coefficient (Wildman–Crippen LogP) is 1.27. The first kappa shape index (κ1) is 13.2. The average Bonchev–Trinajstić information content (AvgIpc) is 3.24. The zero-order valence-electron chi connectivity index (χ0n) is 10.8. The molecule has 6 nitrogen and oxygen atoms in total. The van der Waals surface area contributed by atoms with Crippen LogP contribution < -0.4 is 14.9 Å². The van der Waals surface area contributed by atoms with Crippen LogP contribution in [0.4, 0.5) is 0 Å². The molecule has 0 heterocycles. The van der Waals surface area contributed by atoms with E-state index in [1.807, 2.05) is 0 Å². The second kappa shape index (κ2) is 5.60. The van der Waals surface area contributed by atoms with Gasteiger partial charge in [0.05, 0.1) is 20.4 Å². The first-order chi connectivity index (χ1) is 9.15. The molecule has 0 saturated heterocycles. The van der Waals surface area contributed by atoms with Crippen molar-refractivity contribution in [3.63, 3.8) is 0 Å². The zero-order valence-corrected chi connectivity index (χ0v) is 10.8. The van der Waals surface area contributed by atoms with Gasteiger partial charge in [-0.15, -0.1) is 0 Å². The van der Waals surface area contributed by atoms with E-state index >= 15 is 0 Å². The number of hydrogen-bond donors (Lipinski definition) is 2. The predicted molar refractivity (Wildman–Crippen MR) is 69.7 cm³/mol. The summed E-state index contributed by atoms with van der Waals surface area (Å²) in [6, 6.07) is 3.20. The molecule has 2 rings (SSSR count). The van der Waals surface area contributed by atoms with Crippen molar-refractivity contribution in [2.45, 2.75) is 12.8 Å². The molecule has 1 aromatic rings. The van der Waals surface area contributed by atoms with E-state index in [0.717, 1.165) is 12.8 Å². The molecule has 1 aromatic carbocycles. The van der Waals surface area contributed by atoms with E-state index in [4.69, 9.17) is 9.47 Å². The average molecular weight is 264 g/mol.